The quantitative estimate of drug-likeness (QED) is 0.741. The Morgan fingerprint density at radius 2 is 1.88 bits per heavy atom. The molecule has 0 aliphatic carbocycles. The van der Waals surface area contributed by atoms with E-state index in [9.17, 15) is 4.79 Å². The molecule has 0 atom stereocenters. The molecule has 1 aromatic heterocycles. The molecule has 0 fully saturated rings. The molecule has 2 aromatic carbocycles. The van der Waals surface area contributed by atoms with Gasteiger partial charge in [-0.3, -0.25) is 4.79 Å². The second-order valence-electron chi connectivity index (χ2n) is 5.70. The van der Waals surface area contributed by atoms with Crippen LogP contribution in [0.3, 0.4) is 0 Å². The lowest BCUT2D eigenvalue weighted by atomic mass is 10.1. The number of nitrogens with one attached hydrogen (secondary N) is 1. The Morgan fingerprint density at radius 3 is 2.54 bits per heavy atom. The molecule has 3 aromatic rings. The molecule has 0 saturated heterocycles. The lowest BCUT2D eigenvalue weighted by molar-refractivity contribution is 0.103. The SMILES string of the molecule is Cc1c(C(=O)Nc2ccc(N(C)CCO)cc2)sc2ccccc12. The molecule has 0 unspecified atom stereocenters. The molecule has 124 valence electrons. The van der Waals surface area contributed by atoms with E-state index in [1.165, 1.54) is 11.3 Å². The number of hydrogen-bond donors (Lipinski definition) is 2. The van der Waals surface area contributed by atoms with E-state index in [0.717, 1.165) is 31.9 Å². The van der Waals surface area contributed by atoms with Gasteiger partial charge in [-0.2, -0.15) is 0 Å². The zero-order valence-electron chi connectivity index (χ0n) is 13.7. The van der Waals surface area contributed by atoms with Gasteiger partial charge in [0.25, 0.3) is 5.91 Å². The summed E-state index contributed by atoms with van der Waals surface area (Å²) in [5.41, 5.74) is 2.78. The largest absolute Gasteiger partial charge is 0.395 e. The summed E-state index contributed by atoms with van der Waals surface area (Å²) in [6.45, 7) is 2.67. The number of fused-ring (bicyclic) bond motifs is 1. The minimum atomic E-state index is -0.0786. The Kier molecular flexibility index (Phi) is 4.83. The lowest BCUT2D eigenvalue weighted by Crippen LogP contribution is -2.21. The third-order valence-corrected chi connectivity index (χ3v) is 5.32. The average Bonchev–Trinajstić information content (AvgIpc) is 2.93. The van der Waals surface area contributed by atoms with Crippen LogP contribution in [-0.4, -0.2) is 31.2 Å². The van der Waals surface area contributed by atoms with E-state index in [2.05, 4.69) is 5.32 Å². The van der Waals surface area contributed by atoms with Gasteiger partial charge < -0.3 is 15.3 Å². The maximum Gasteiger partial charge on any atom is 0.266 e. The Hall–Kier alpha value is -2.37. The van der Waals surface area contributed by atoms with Crippen molar-refractivity contribution in [2.75, 3.05) is 30.4 Å². The van der Waals surface area contributed by atoms with Crippen LogP contribution in [-0.2, 0) is 0 Å². The molecule has 4 nitrogen and oxygen atoms in total. The maximum absolute atomic E-state index is 12.6. The molecule has 0 aliphatic heterocycles. The van der Waals surface area contributed by atoms with Crippen LogP contribution in [0.2, 0.25) is 0 Å². The molecule has 0 aliphatic rings. The van der Waals surface area contributed by atoms with E-state index in [4.69, 9.17) is 5.11 Å². The third kappa shape index (κ3) is 3.27. The van der Waals surface area contributed by atoms with Crippen molar-refractivity contribution < 1.29 is 9.90 Å². The van der Waals surface area contributed by atoms with E-state index in [-0.39, 0.29) is 12.5 Å². The smallest absolute Gasteiger partial charge is 0.266 e. The zero-order chi connectivity index (χ0) is 17.1. The molecular formula is C19H20N2O2S. The Morgan fingerprint density at radius 1 is 1.17 bits per heavy atom. The first-order valence-electron chi connectivity index (χ1n) is 7.81. The van der Waals surface area contributed by atoms with Crippen molar-refractivity contribution in [3.63, 3.8) is 0 Å². The van der Waals surface area contributed by atoms with Crippen molar-refractivity contribution in [1.82, 2.24) is 0 Å². The Bertz CT molecular complexity index is 855. The summed E-state index contributed by atoms with van der Waals surface area (Å²) in [5.74, 6) is -0.0786. The van der Waals surface area contributed by atoms with E-state index < -0.39 is 0 Å². The Labute approximate surface area is 145 Å². The molecule has 1 amide bonds. The second-order valence-corrected chi connectivity index (χ2v) is 6.75. The van der Waals surface area contributed by atoms with Crippen LogP contribution in [0.1, 0.15) is 15.2 Å². The molecule has 3 rings (SSSR count). The van der Waals surface area contributed by atoms with Crippen molar-refractivity contribution in [2.45, 2.75) is 6.92 Å². The van der Waals surface area contributed by atoms with Crippen LogP contribution < -0.4 is 10.2 Å². The standard InChI is InChI=1S/C19H20N2O2S/c1-13-16-5-3-4-6-17(16)24-18(13)19(23)20-14-7-9-15(10-8-14)21(2)11-12-22/h3-10,22H,11-12H2,1-2H3,(H,20,23). The average molecular weight is 340 g/mol. The van der Waals surface area contributed by atoms with Gasteiger partial charge in [-0.15, -0.1) is 11.3 Å². The number of carbonyl (C=O) groups excluding carboxylic acids is 1. The summed E-state index contributed by atoms with van der Waals surface area (Å²) < 4.78 is 1.13. The highest BCUT2D eigenvalue weighted by atomic mass is 32.1. The number of hydrogen-bond acceptors (Lipinski definition) is 4. The monoisotopic (exact) mass is 340 g/mol. The maximum atomic E-state index is 12.6. The minimum Gasteiger partial charge on any atom is -0.395 e. The molecule has 2 N–H and O–H groups in total. The number of aliphatic hydroxyl groups is 1. The van der Waals surface area contributed by atoms with Crippen molar-refractivity contribution >= 4 is 38.7 Å². The highest BCUT2D eigenvalue weighted by Crippen LogP contribution is 2.31. The second kappa shape index (κ2) is 7.03. The number of amides is 1. The lowest BCUT2D eigenvalue weighted by Gasteiger charge is -2.18. The van der Waals surface area contributed by atoms with Crippen LogP contribution in [0.4, 0.5) is 11.4 Å². The van der Waals surface area contributed by atoms with Gasteiger partial charge in [-0.25, -0.2) is 0 Å². The van der Waals surface area contributed by atoms with Gasteiger partial charge in [-0.1, -0.05) is 18.2 Å². The Balaban J connectivity index is 1.77. The van der Waals surface area contributed by atoms with E-state index in [1.807, 2.05) is 67.4 Å². The van der Waals surface area contributed by atoms with Crippen molar-refractivity contribution in [2.24, 2.45) is 0 Å². The number of thiophene rings is 1. The molecule has 0 radical (unpaired) electrons. The first-order valence-corrected chi connectivity index (χ1v) is 8.63. The molecule has 24 heavy (non-hydrogen) atoms. The number of anilines is 2. The summed E-state index contributed by atoms with van der Waals surface area (Å²) in [4.78, 5) is 15.3. The van der Waals surface area contributed by atoms with Crippen LogP contribution in [0.5, 0.6) is 0 Å². The molecule has 1 heterocycles. The van der Waals surface area contributed by atoms with Gasteiger partial charge in [0, 0.05) is 29.7 Å². The first-order chi connectivity index (χ1) is 11.6. The fourth-order valence-electron chi connectivity index (χ4n) is 2.66. The summed E-state index contributed by atoms with van der Waals surface area (Å²) in [6, 6.07) is 15.7. The number of aliphatic hydroxyl groups excluding tert-OH is 1. The zero-order valence-corrected chi connectivity index (χ0v) is 14.6. The predicted molar refractivity (Wildman–Crippen MR) is 101 cm³/mol. The third-order valence-electron chi connectivity index (χ3n) is 4.05. The van der Waals surface area contributed by atoms with E-state index in [0.29, 0.717) is 6.54 Å². The summed E-state index contributed by atoms with van der Waals surface area (Å²) in [5, 5.41) is 13.1. The van der Waals surface area contributed by atoms with Gasteiger partial charge >= 0.3 is 0 Å². The highest BCUT2D eigenvalue weighted by molar-refractivity contribution is 7.21. The first kappa shape index (κ1) is 16.5. The van der Waals surface area contributed by atoms with Crippen LogP contribution >= 0.6 is 11.3 Å². The number of benzene rings is 2. The van der Waals surface area contributed by atoms with Crippen LogP contribution in [0.15, 0.2) is 48.5 Å². The van der Waals surface area contributed by atoms with Gasteiger partial charge in [0.05, 0.1) is 11.5 Å². The molecular weight excluding hydrogens is 320 g/mol. The van der Waals surface area contributed by atoms with Crippen molar-refractivity contribution in [3.8, 4) is 0 Å². The van der Waals surface area contributed by atoms with Crippen molar-refractivity contribution in [3.05, 3.63) is 59.0 Å². The summed E-state index contributed by atoms with van der Waals surface area (Å²) in [7, 11) is 1.92. The number of likely N-dealkylation sites (N-methyl/N-ethyl adjacent to an activating group) is 1. The fraction of sp³-hybridized carbons (Fsp3) is 0.211. The molecule has 0 spiro atoms. The molecule has 0 bridgehead atoms. The van der Waals surface area contributed by atoms with E-state index in [1.54, 1.807) is 0 Å². The molecule has 0 saturated carbocycles. The van der Waals surface area contributed by atoms with E-state index >= 15 is 0 Å². The van der Waals surface area contributed by atoms with Crippen LogP contribution in [0.25, 0.3) is 10.1 Å². The number of nitrogens with zero attached hydrogens (tertiary/aromatic N) is 1. The van der Waals surface area contributed by atoms with Crippen LogP contribution in [0, 0.1) is 6.92 Å². The van der Waals surface area contributed by atoms with Gasteiger partial charge in [0.1, 0.15) is 0 Å². The summed E-state index contributed by atoms with van der Waals surface area (Å²) in [6.07, 6.45) is 0. The minimum absolute atomic E-state index is 0.0786. The molecule has 5 heteroatoms. The topological polar surface area (TPSA) is 52.6 Å². The highest BCUT2D eigenvalue weighted by Gasteiger charge is 2.15. The number of carbonyl (C=O) groups is 1. The van der Waals surface area contributed by atoms with Gasteiger partial charge in [0.2, 0.25) is 0 Å². The fourth-order valence-corrected chi connectivity index (χ4v) is 3.76. The number of aryl methyl sites for hydroxylation is 1. The number of rotatable bonds is 5. The van der Waals surface area contributed by atoms with Gasteiger partial charge in [0.15, 0.2) is 0 Å². The normalized spacial score (nSPS) is 10.8. The predicted octanol–water partition coefficient (Wildman–Crippen LogP) is 3.89. The van der Waals surface area contributed by atoms with Crippen molar-refractivity contribution in [1.29, 1.82) is 0 Å². The van der Waals surface area contributed by atoms with Gasteiger partial charge in [-0.05, 0) is 48.2 Å². The summed E-state index contributed by atoms with van der Waals surface area (Å²) >= 11 is 1.52.